The lowest BCUT2D eigenvalue weighted by Gasteiger charge is -2.46. The quantitative estimate of drug-likeness (QED) is 0.267. The molecule has 1 fully saturated rings. The first-order valence-corrected chi connectivity index (χ1v) is 14.7. The maximum atomic E-state index is 6.61. The standard InChI is InChI=1S/C34H37NO5/c1-36-29-14-13-25-19-28-27-21-31-30(39-22-40-31)20-24(27)15-16-35(28)33(23-9-5-6-10-23)32(25)34(29)38-18-8-7-17-37-26-11-3-2-4-12-26/h2-4,11-14,19-21,23,33H,5-10,15-18,22H2,1H3/t33-/m0/s1. The van der Waals surface area contributed by atoms with Gasteiger partial charge < -0.3 is 28.6 Å². The summed E-state index contributed by atoms with van der Waals surface area (Å²) in [5.74, 6) is 4.95. The maximum Gasteiger partial charge on any atom is 0.231 e. The van der Waals surface area contributed by atoms with Crippen molar-refractivity contribution in [3.8, 4) is 28.7 Å². The summed E-state index contributed by atoms with van der Waals surface area (Å²) in [6.45, 7) is 2.59. The molecule has 0 N–H and O–H groups in total. The van der Waals surface area contributed by atoms with Crippen molar-refractivity contribution in [2.75, 3.05) is 33.7 Å². The lowest BCUT2D eigenvalue weighted by Crippen LogP contribution is -2.39. The number of hydrogen-bond acceptors (Lipinski definition) is 6. The number of benzene rings is 3. The van der Waals surface area contributed by atoms with E-state index in [-0.39, 0.29) is 6.04 Å². The highest BCUT2D eigenvalue weighted by molar-refractivity contribution is 5.88. The number of ether oxygens (including phenoxy) is 5. The number of nitrogens with zero attached hydrogens (tertiary/aromatic N) is 1. The molecule has 0 amide bonds. The summed E-state index contributed by atoms with van der Waals surface area (Å²) in [4.78, 5) is 2.64. The molecular weight excluding hydrogens is 502 g/mol. The van der Waals surface area contributed by atoms with Crippen molar-refractivity contribution in [3.05, 3.63) is 76.9 Å². The largest absolute Gasteiger partial charge is 0.494 e. The van der Waals surface area contributed by atoms with E-state index in [9.17, 15) is 0 Å². The second kappa shape index (κ2) is 11.0. The predicted octanol–water partition coefficient (Wildman–Crippen LogP) is 7.26. The first kappa shape index (κ1) is 25.2. The molecule has 6 nitrogen and oxygen atoms in total. The molecule has 3 aromatic rings. The summed E-state index contributed by atoms with van der Waals surface area (Å²) in [6.07, 6.45) is 10.3. The Morgan fingerprint density at radius 2 is 1.68 bits per heavy atom. The Kier molecular flexibility index (Phi) is 6.92. The van der Waals surface area contributed by atoms with Gasteiger partial charge in [0.05, 0.1) is 26.4 Å². The van der Waals surface area contributed by atoms with Gasteiger partial charge >= 0.3 is 0 Å². The Hall–Kier alpha value is -3.80. The average molecular weight is 540 g/mol. The Morgan fingerprint density at radius 3 is 2.48 bits per heavy atom. The van der Waals surface area contributed by atoms with Gasteiger partial charge in [0.15, 0.2) is 23.0 Å². The molecule has 1 saturated carbocycles. The van der Waals surface area contributed by atoms with Gasteiger partial charge in [-0.05, 0) is 85.6 Å². The Morgan fingerprint density at radius 1 is 0.900 bits per heavy atom. The van der Waals surface area contributed by atoms with Gasteiger partial charge in [0, 0.05) is 23.4 Å². The van der Waals surface area contributed by atoms with Crippen LogP contribution >= 0.6 is 0 Å². The molecule has 3 aliphatic heterocycles. The van der Waals surface area contributed by atoms with Gasteiger partial charge in [0.1, 0.15) is 5.75 Å². The number of fused-ring (bicyclic) bond motifs is 5. The predicted molar refractivity (Wildman–Crippen MR) is 155 cm³/mol. The van der Waals surface area contributed by atoms with Crippen molar-refractivity contribution in [1.82, 2.24) is 4.90 Å². The van der Waals surface area contributed by atoms with Crippen molar-refractivity contribution in [1.29, 1.82) is 0 Å². The summed E-state index contributed by atoms with van der Waals surface area (Å²) >= 11 is 0. The number of methoxy groups -OCH3 is 1. The minimum atomic E-state index is 0.266. The van der Waals surface area contributed by atoms with Crippen LogP contribution < -0.4 is 23.7 Å². The van der Waals surface area contributed by atoms with E-state index in [1.54, 1.807) is 7.11 Å². The molecule has 40 heavy (non-hydrogen) atoms. The number of hydrogen-bond donors (Lipinski definition) is 0. The van der Waals surface area contributed by atoms with Crippen molar-refractivity contribution in [3.63, 3.8) is 0 Å². The third-order valence-corrected chi connectivity index (χ3v) is 8.79. The number of para-hydroxylation sites is 1. The number of unbranched alkanes of at least 4 members (excludes halogenated alkanes) is 1. The van der Waals surface area contributed by atoms with Crippen LogP contribution in [0.25, 0.3) is 11.8 Å². The molecule has 0 unspecified atom stereocenters. The Balaban J connectivity index is 1.18. The van der Waals surface area contributed by atoms with E-state index in [2.05, 4.69) is 35.2 Å². The lowest BCUT2D eigenvalue weighted by molar-refractivity contribution is 0.174. The van der Waals surface area contributed by atoms with Gasteiger partial charge in [0.25, 0.3) is 0 Å². The maximum absolute atomic E-state index is 6.61. The molecule has 0 aromatic heterocycles. The van der Waals surface area contributed by atoms with E-state index >= 15 is 0 Å². The van der Waals surface area contributed by atoms with Gasteiger partial charge in [-0.25, -0.2) is 0 Å². The average Bonchev–Trinajstić information content (AvgIpc) is 3.69. The van der Waals surface area contributed by atoms with Crippen molar-refractivity contribution < 1.29 is 23.7 Å². The zero-order valence-corrected chi connectivity index (χ0v) is 23.2. The molecule has 7 rings (SSSR count). The van der Waals surface area contributed by atoms with Crippen LogP contribution in [0.2, 0.25) is 0 Å². The van der Waals surface area contributed by atoms with Gasteiger partial charge in [-0.1, -0.05) is 37.1 Å². The van der Waals surface area contributed by atoms with Crippen LogP contribution in [-0.2, 0) is 6.42 Å². The molecule has 0 saturated heterocycles. The lowest BCUT2D eigenvalue weighted by atomic mass is 9.80. The second-order valence-corrected chi connectivity index (χ2v) is 11.1. The minimum Gasteiger partial charge on any atom is -0.494 e. The SMILES string of the molecule is COc1ccc2c(c1OCCCCOc1ccccc1)[C@H](C1CCCC1)N1CCc3cc4c(cc3C1=C2)OCO4. The molecule has 6 heteroatoms. The van der Waals surface area contributed by atoms with E-state index in [0.29, 0.717) is 25.9 Å². The van der Waals surface area contributed by atoms with Gasteiger partial charge in [-0.15, -0.1) is 0 Å². The third-order valence-electron chi connectivity index (χ3n) is 8.79. The first-order chi connectivity index (χ1) is 19.8. The minimum absolute atomic E-state index is 0.266. The molecule has 0 radical (unpaired) electrons. The van der Waals surface area contributed by atoms with Crippen LogP contribution in [0, 0.1) is 5.92 Å². The zero-order chi connectivity index (χ0) is 26.9. The topological polar surface area (TPSA) is 49.4 Å². The molecule has 0 bridgehead atoms. The molecule has 1 aliphatic carbocycles. The summed E-state index contributed by atoms with van der Waals surface area (Å²) in [5.41, 5.74) is 6.42. The van der Waals surface area contributed by atoms with Crippen LogP contribution in [0.15, 0.2) is 54.6 Å². The van der Waals surface area contributed by atoms with Crippen LogP contribution in [-0.4, -0.2) is 38.6 Å². The molecule has 1 atom stereocenters. The van der Waals surface area contributed by atoms with E-state index in [1.165, 1.54) is 53.6 Å². The van der Waals surface area contributed by atoms with E-state index < -0.39 is 0 Å². The fourth-order valence-electron chi connectivity index (χ4n) is 6.88. The summed E-state index contributed by atoms with van der Waals surface area (Å²) < 4.78 is 29.8. The monoisotopic (exact) mass is 539 g/mol. The van der Waals surface area contributed by atoms with Crippen LogP contribution in [0.3, 0.4) is 0 Å². The highest BCUT2D eigenvalue weighted by Crippen LogP contribution is 2.54. The fourth-order valence-corrected chi connectivity index (χ4v) is 6.88. The smallest absolute Gasteiger partial charge is 0.231 e. The molecule has 3 heterocycles. The highest BCUT2D eigenvalue weighted by atomic mass is 16.7. The van der Waals surface area contributed by atoms with Gasteiger partial charge in [-0.3, -0.25) is 0 Å². The summed E-state index contributed by atoms with van der Waals surface area (Å²) in [7, 11) is 1.75. The fraction of sp³-hybridized carbons (Fsp3) is 0.412. The van der Waals surface area contributed by atoms with Crippen LogP contribution in [0.1, 0.15) is 66.8 Å². The second-order valence-electron chi connectivity index (χ2n) is 11.1. The summed E-state index contributed by atoms with van der Waals surface area (Å²) in [5, 5.41) is 0. The molecule has 3 aromatic carbocycles. The molecule has 0 spiro atoms. The van der Waals surface area contributed by atoms with Gasteiger partial charge in [-0.2, -0.15) is 0 Å². The molecule has 4 aliphatic rings. The third kappa shape index (κ3) is 4.63. The van der Waals surface area contributed by atoms with Crippen LogP contribution in [0.4, 0.5) is 0 Å². The van der Waals surface area contributed by atoms with Crippen molar-refractivity contribution in [2.45, 2.75) is 51.0 Å². The molecule has 208 valence electrons. The van der Waals surface area contributed by atoms with Crippen molar-refractivity contribution in [2.24, 2.45) is 5.92 Å². The van der Waals surface area contributed by atoms with Crippen LogP contribution in [0.5, 0.6) is 28.7 Å². The van der Waals surface area contributed by atoms with E-state index in [4.69, 9.17) is 23.7 Å². The van der Waals surface area contributed by atoms with Gasteiger partial charge in [0.2, 0.25) is 6.79 Å². The molecular formula is C34H37NO5. The summed E-state index contributed by atoms with van der Waals surface area (Å²) in [6, 6.07) is 18.9. The Labute approximate surface area is 236 Å². The zero-order valence-electron chi connectivity index (χ0n) is 23.2. The van der Waals surface area contributed by atoms with E-state index in [0.717, 1.165) is 54.6 Å². The number of rotatable bonds is 9. The van der Waals surface area contributed by atoms with E-state index in [1.807, 2.05) is 30.3 Å². The Bertz CT molecular complexity index is 1400. The first-order valence-electron chi connectivity index (χ1n) is 14.7. The van der Waals surface area contributed by atoms with Crippen molar-refractivity contribution >= 4 is 11.8 Å². The normalized spacial score (nSPS) is 19.0. The highest BCUT2D eigenvalue weighted by Gasteiger charge is 2.41.